The van der Waals surface area contributed by atoms with E-state index >= 15 is 0 Å². The lowest BCUT2D eigenvalue weighted by molar-refractivity contribution is -0.0585. The highest BCUT2D eigenvalue weighted by Crippen LogP contribution is 2.20. The van der Waals surface area contributed by atoms with Gasteiger partial charge in [0.2, 0.25) is 0 Å². The molecular weight excluding hydrogens is 230 g/mol. The summed E-state index contributed by atoms with van der Waals surface area (Å²) >= 11 is 0. The average Bonchev–Trinajstić information content (AvgIpc) is 2.40. The number of rotatable bonds is 4. The first-order valence-corrected chi connectivity index (χ1v) is 5.83. The quantitative estimate of drug-likeness (QED) is 0.464. The fourth-order valence-corrected chi connectivity index (χ4v) is 1.88. The predicted molar refractivity (Wildman–Crippen MR) is 67.6 cm³/mol. The second kappa shape index (κ2) is 6.10. The van der Waals surface area contributed by atoms with Crippen molar-refractivity contribution >= 4 is 0 Å². The Labute approximate surface area is 106 Å². The van der Waals surface area contributed by atoms with Gasteiger partial charge in [-0.1, -0.05) is 35.4 Å². The van der Waals surface area contributed by atoms with E-state index in [1.165, 1.54) is 0 Å². The van der Waals surface area contributed by atoms with Crippen LogP contribution in [0.1, 0.15) is 12.5 Å². The summed E-state index contributed by atoms with van der Waals surface area (Å²) in [5, 5.41) is 3.72. The molecule has 94 valence electrons. The standard InChI is InChI=1S/C13H15N3O2/c1-10-13(12(15-16-14)7-8-17-10)18-9-11-5-3-2-4-6-11/h2-8,10,12-13H,9H2,1H3/t10-,12+,13+/m0/s1. The zero-order valence-electron chi connectivity index (χ0n) is 10.1. The van der Waals surface area contributed by atoms with Gasteiger partial charge in [-0.25, -0.2) is 0 Å². The second-order valence-corrected chi connectivity index (χ2v) is 4.13. The Balaban J connectivity index is 2.01. The Morgan fingerprint density at radius 2 is 2.17 bits per heavy atom. The highest BCUT2D eigenvalue weighted by molar-refractivity contribution is 5.13. The maximum Gasteiger partial charge on any atom is 0.122 e. The zero-order chi connectivity index (χ0) is 12.8. The smallest absolute Gasteiger partial charge is 0.122 e. The highest BCUT2D eigenvalue weighted by atomic mass is 16.5. The molecule has 0 unspecified atom stereocenters. The molecule has 1 heterocycles. The van der Waals surface area contributed by atoms with E-state index in [4.69, 9.17) is 15.0 Å². The fraction of sp³-hybridized carbons (Fsp3) is 0.385. The van der Waals surface area contributed by atoms with Crippen LogP contribution in [0.3, 0.4) is 0 Å². The topological polar surface area (TPSA) is 67.2 Å². The van der Waals surface area contributed by atoms with Gasteiger partial charge in [-0.2, -0.15) is 0 Å². The Morgan fingerprint density at radius 1 is 1.39 bits per heavy atom. The lowest BCUT2D eigenvalue weighted by Gasteiger charge is -2.30. The minimum atomic E-state index is -0.317. The summed E-state index contributed by atoms with van der Waals surface area (Å²) < 4.78 is 11.2. The van der Waals surface area contributed by atoms with E-state index in [1.54, 1.807) is 12.3 Å². The third-order valence-electron chi connectivity index (χ3n) is 2.84. The van der Waals surface area contributed by atoms with Crippen LogP contribution >= 0.6 is 0 Å². The van der Waals surface area contributed by atoms with Crippen molar-refractivity contribution in [2.45, 2.75) is 31.8 Å². The average molecular weight is 245 g/mol. The van der Waals surface area contributed by atoms with Crippen molar-refractivity contribution < 1.29 is 9.47 Å². The summed E-state index contributed by atoms with van der Waals surface area (Å²) in [6.07, 6.45) is 2.89. The van der Waals surface area contributed by atoms with Crippen LogP contribution in [0.4, 0.5) is 0 Å². The zero-order valence-corrected chi connectivity index (χ0v) is 10.1. The summed E-state index contributed by atoms with van der Waals surface area (Å²) in [6.45, 7) is 2.38. The van der Waals surface area contributed by atoms with E-state index in [1.807, 2.05) is 37.3 Å². The van der Waals surface area contributed by atoms with Gasteiger partial charge >= 0.3 is 0 Å². The molecule has 0 amide bonds. The Morgan fingerprint density at radius 3 is 2.89 bits per heavy atom. The maximum absolute atomic E-state index is 8.54. The van der Waals surface area contributed by atoms with Crippen LogP contribution in [0.5, 0.6) is 0 Å². The van der Waals surface area contributed by atoms with Gasteiger partial charge in [-0.15, -0.1) is 0 Å². The molecule has 0 N–H and O–H groups in total. The number of benzene rings is 1. The van der Waals surface area contributed by atoms with E-state index in [0.717, 1.165) is 5.56 Å². The van der Waals surface area contributed by atoms with Crippen molar-refractivity contribution in [3.63, 3.8) is 0 Å². The first-order valence-electron chi connectivity index (χ1n) is 5.83. The van der Waals surface area contributed by atoms with Crippen LogP contribution < -0.4 is 0 Å². The van der Waals surface area contributed by atoms with Gasteiger partial charge in [0.05, 0.1) is 18.9 Å². The Kier molecular flexibility index (Phi) is 4.23. The molecular formula is C13H15N3O2. The third kappa shape index (κ3) is 3.03. The SMILES string of the molecule is C[C@@H]1OC=C[C@@H](N=[N+]=[N-])[C@@H]1OCc1ccccc1. The molecule has 3 atom stereocenters. The molecule has 2 rings (SSSR count). The van der Waals surface area contributed by atoms with Gasteiger partial charge in [0.1, 0.15) is 12.2 Å². The molecule has 1 aromatic carbocycles. The molecule has 0 fully saturated rings. The minimum Gasteiger partial charge on any atom is -0.496 e. The van der Waals surface area contributed by atoms with Crippen LogP contribution in [-0.4, -0.2) is 18.2 Å². The lowest BCUT2D eigenvalue weighted by Crippen LogP contribution is -2.39. The van der Waals surface area contributed by atoms with Crippen LogP contribution in [-0.2, 0) is 16.1 Å². The molecule has 0 spiro atoms. The summed E-state index contributed by atoms with van der Waals surface area (Å²) in [6, 6.07) is 9.55. The van der Waals surface area contributed by atoms with Gasteiger partial charge in [-0.3, -0.25) is 0 Å². The molecule has 0 aromatic heterocycles. The molecule has 0 bridgehead atoms. The fourth-order valence-electron chi connectivity index (χ4n) is 1.88. The number of hydrogen-bond donors (Lipinski definition) is 0. The maximum atomic E-state index is 8.54. The summed E-state index contributed by atoms with van der Waals surface area (Å²) in [4.78, 5) is 2.84. The first-order chi connectivity index (χ1) is 8.81. The number of hydrogen-bond acceptors (Lipinski definition) is 3. The van der Waals surface area contributed by atoms with E-state index in [-0.39, 0.29) is 18.2 Å². The van der Waals surface area contributed by atoms with Gasteiger partial charge < -0.3 is 9.47 Å². The molecule has 5 heteroatoms. The van der Waals surface area contributed by atoms with Crippen LogP contribution in [0.2, 0.25) is 0 Å². The number of ether oxygens (including phenoxy) is 2. The van der Waals surface area contributed by atoms with E-state index in [2.05, 4.69) is 10.0 Å². The molecule has 0 saturated heterocycles. The number of azide groups is 1. The van der Waals surface area contributed by atoms with Gasteiger partial charge in [-0.05, 0) is 24.1 Å². The predicted octanol–water partition coefficient (Wildman–Crippen LogP) is 3.18. The lowest BCUT2D eigenvalue weighted by atomic mass is 10.1. The molecule has 5 nitrogen and oxygen atoms in total. The Bertz CT molecular complexity index is 455. The highest BCUT2D eigenvalue weighted by Gasteiger charge is 2.29. The van der Waals surface area contributed by atoms with E-state index in [9.17, 15) is 0 Å². The molecule has 1 aliphatic heterocycles. The Hall–Kier alpha value is -1.97. The number of nitrogens with zero attached hydrogens (tertiary/aromatic N) is 3. The van der Waals surface area contributed by atoms with Crippen molar-refractivity contribution in [1.82, 2.24) is 0 Å². The molecule has 1 aliphatic rings. The summed E-state index contributed by atoms with van der Waals surface area (Å²) in [7, 11) is 0. The van der Waals surface area contributed by atoms with Crippen molar-refractivity contribution in [1.29, 1.82) is 0 Å². The van der Waals surface area contributed by atoms with E-state index < -0.39 is 0 Å². The summed E-state index contributed by atoms with van der Waals surface area (Å²) in [5.41, 5.74) is 9.62. The van der Waals surface area contributed by atoms with Crippen LogP contribution in [0.25, 0.3) is 10.4 Å². The third-order valence-corrected chi connectivity index (χ3v) is 2.84. The van der Waals surface area contributed by atoms with Gasteiger partial charge in [0.25, 0.3) is 0 Å². The van der Waals surface area contributed by atoms with Crippen LogP contribution in [0.15, 0.2) is 47.8 Å². The normalized spacial score (nSPS) is 26.2. The molecule has 0 saturated carbocycles. The molecule has 18 heavy (non-hydrogen) atoms. The minimum absolute atomic E-state index is 0.130. The molecule has 0 aliphatic carbocycles. The van der Waals surface area contributed by atoms with Crippen LogP contribution in [0, 0.1) is 0 Å². The largest absolute Gasteiger partial charge is 0.496 e. The first kappa shape index (κ1) is 12.5. The van der Waals surface area contributed by atoms with Gasteiger partial charge in [0, 0.05) is 4.91 Å². The van der Waals surface area contributed by atoms with Crippen molar-refractivity contribution in [2.75, 3.05) is 0 Å². The van der Waals surface area contributed by atoms with Gasteiger partial charge in [0.15, 0.2) is 0 Å². The van der Waals surface area contributed by atoms with Crippen molar-refractivity contribution in [3.8, 4) is 0 Å². The molecule has 0 radical (unpaired) electrons. The van der Waals surface area contributed by atoms with E-state index in [0.29, 0.717) is 6.61 Å². The van der Waals surface area contributed by atoms with Crippen molar-refractivity contribution in [2.24, 2.45) is 5.11 Å². The second-order valence-electron chi connectivity index (χ2n) is 4.13. The monoisotopic (exact) mass is 245 g/mol. The van der Waals surface area contributed by atoms with Crippen molar-refractivity contribution in [3.05, 3.63) is 58.7 Å². The summed E-state index contributed by atoms with van der Waals surface area (Å²) in [5.74, 6) is 0. The molecule has 1 aromatic rings.